The molecule has 0 saturated carbocycles. The maximum absolute atomic E-state index is 11.9. The zero-order valence-corrected chi connectivity index (χ0v) is 16.1. The van der Waals surface area contributed by atoms with Gasteiger partial charge in [-0.25, -0.2) is 0 Å². The molecule has 1 heterocycles. The third-order valence-electron chi connectivity index (χ3n) is 5.54. The highest BCUT2D eigenvalue weighted by Gasteiger charge is 2.33. The number of hydrogen-bond donors (Lipinski definition) is 1. The smallest absolute Gasteiger partial charge is 0.311 e. The van der Waals surface area contributed by atoms with E-state index in [9.17, 15) is 9.90 Å². The Kier molecular flexibility index (Phi) is 5.35. The first kappa shape index (κ1) is 18.6. The molecule has 28 heavy (non-hydrogen) atoms. The number of nitrogens with zero attached hydrogens (tertiary/aromatic N) is 1. The lowest BCUT2D eigenvalue weighted by Crippen LogP contribution is -2.19. The van der Waals surface area contributed by atoms with E-state index in [-0.39, 0.29) is 0 Å². The van der Waals surface area contributed by atoms with Crippen LogP contribution in [0.2, 0.25) is 0 Å². The van der Waals surface area contributed by atoms with Gasteiger partial charge in [-0.05, 0) is 42.5 Å². The molecule has 1 unspecified atom stereocenters. The lowest BCUT2D eigenvalue weighted by molar-refractivity contribution is -0.139. The summed E-state index contributed by atoms with van der Waals surface area (Å²) in [6.07, 6.45) is 2.44. The van der Waals surface area contributed by atoms with Gasteiger partial charge in [0.15, 0.2) is 0 Å². The van der Waals surface area contributed by atoms with Crippen LogP contribution >= 0.6 is 0 Å². The molecule has 0 fully saturated rings. The SMILES string of the molecule is COc1cccc2c1c1c(n2CCOCc2ccccc2)CCCC1C(=O)O. The summed E-state index contributed by atoms with van der Waals surface area (Å²) in [6, 6.07) is 16.0. The van der Waals surface area contributed by atoms with Crippen LogP contribution in [-0.2, 0) is 29.1 Å². The first-order chi connectivity index (χ1) is 13.7. The molecule has 1 atom stereocenters. The normalized spacial score (nSPS) is 16.1. The second-order valence-electron chi connectivity index (χ2n) is 7.19. The first-order valence-corrected chi connectivity index (χ1v) is 9.73. The van der Waals surface area contributed by atoms with E-state index < -0.39 is 11.9 Å². The van der Waals surface area contributed by atoms with Crippen molar-refractivity contribution in [2.45, 2.75) is 38.3 Å². The fourth-order valence-corrected chi connectivity index (χ4v) is 4.31. The molecule has 1 aromatic heterocycles. The van der Waals surface area contributed by atoms with Gasteiger partial charge in [0.25, 0.3) is 0 Å². The topological polar surface area (TPSA) is 60.7 Å². The van der Waals surface area contributed by atoms with Crippen LogP contribution in [0, 0.1) is 0 Å². The number of carboxylic acid groups (broad SMARTS) is 1. The van der Waals surface area contributed by atoms with Gasteiger partial charge in [0.2, 0.25) is 0 Å². The number of carboxylic acids is 1. The van der Waals surface area contributed by atoms with E-state index in [1.165, 1.54) is 0 Å². The van der Waals surface area contributed by atoms with Crippen LogP contribution in [0.5, 0.6) is 5.75 Å². The molecule has 2 aromatic carbocycles. The van der Waals surface area contributed by atoms with Crippen molar-refractivity contribution in [3.63, 3.8) is 0 Å². The number of aliphatic carboxylic acids is 1. The third kappa shape index (κ3) is 3.38. The molecule has 0 amide bonds. The molecule has 1 aliphatic carbocycles. The average Bonchev–Trinajstić information content (AvgIpc) is 3.05. The van der Waals surface area contributed by atoms with Gasteiger partial charge in [-0.2, -0.15) is 0 Å². The fraction of sp³-hybridized carbons (Fsp3) is 0.348. The highest BCUT2D eigenvalue weighted by Crippen LogP contribution is 2.43. The van der Waals surface area contributed by atoms with Crippen LogP contribution in [0.15, 0.2) is 48.5 Å². The molecule has 5 nitrogen and oxygen atoms in total. The van der Waals surface area contributed by atoms with Gasteiger partial charge in [-0.15, -0.1) is 0 Å². The minimum Gasteiger partial charge on any atom is -0.496 e. The number of fused-ring (bicyclic) bond motifs is 3. The number of methoxy groups -OCH3 is 1. The summed E-state index contributed by atoms with van der Waals surface area (Å²) in [7, 11) is 1.64. The molecule has 1 N–H and O–H groups in total. The van der Waals surface area contributed by atoms with Crippen LogP contribution in [0.4, 0.5) is 0 Å². The van der Waals surface area contributed by atoms with Crippen molar-refractivity contribution in [3.05, 3.63) is 65.4 Å². The summed E-state index contributed by atoms with van der Waals surface area (Å²) < 4.78 is 13.7. The van der Waals surface area contributed by atoms with Crippen molar-refractivity contribution in [1.29, 1.82) is 0 Å². The Hall–Kier alpha value is -2.79. The predicted octanol–water partition coefficient (Wildman–Crippen LogP) is 4.37. The quantitative estimate of drug-likeness (QED) is 0.619. The van der Waals surface area contributed by atoms with Crippen LogP contribution in [0.3, 0.4) is 0 Å². The van der Waals surface area contributed by atoms with Crippen molar-refractivity contribution in [2.75, 3.05) is 13.7 Å². The van der Waals surface area contributed by atoms with Crippen molar-refractivity contribution >= 4 is 16.9 Å². The zero-order valence-electron chi connectivity index (χ0n) is 16.1. The van der Waals surface area contributed by atoms with Crippen molar-refractivity contribution < 1.29 is 19.4 Å². The summed E-state index contributed by atoms with van der Waals surface area (Å²) in [5, 5.41) is 10.7. The molecule has 146 valence electrons. The molecule has 0 saturated heterocycles. The number of carbonyl (C=O) groups is 1. The van der Waals surface area contributed by atoms with E-state index in [1.54, 1.807) is 7.11 Å². The lowest BCUT2D eigenvalue weighted by atomic mass is 9.85. The zero-order chi connectivity index (χ0) is 19.5. The van der Waals surface area contributed by atoms with Gasteiger partial charge < -0.3 is 19.1 Å². The van der Waals surface area contributed by atoms with Crippen LogP contribution in [0.1, 0.15) is 35.6 Å². The molecular formula is C23H25NO4. The van der Waals surface area contributed by atoms with Crippen molar-refractivity contribution in [1.82, 2.24) is 4.57 Å². The standard InChI is InChI=1S/C23H25NO4/c1-27-20-12-6-11-19-22(20)21-17(23(25)26)9-5-10-18(21)24(19)13-14-28-15-16-7-3-2-4-8-16/h2-4,6-8,11-12,17H,5,9-10,13-15H2,1H3,(H,25,26). The number of ether oxygens (including phenoxy) is 2. The van der Waals surface area contributed by atoms with Gasteiger partial charge in [-0.3, -0.25) is 4.79 Å². The van der Waals surface area contributed by atoms with Gasteiger partial charge in [0.05, 0.1) is 31.8 Å². The van der Waals surface area contributed by atoms with E-state index in [0.29, 0.717) is 26.2 Å². The van der Waals surface area contributed by atoms with E-state index in [4.69, 9.17) is 9.47 Å². The van der Waals surface area contributed by atoms with Crippen LogP contribution in [-0.4, -0.2) is 29.4 Å². The summed E-state index contributed by atoms with van der Waals surface area (Å²) in [5.74, 6) is -0.494. The lowest BCUT2D eigenvalue weighted by Gasteiger charge is -2.21. The first-order valence-electron chi connectivity index (χ1n) is 9.73. The molecular weight excluding hydrogens is 354 g/mol. The van der Waals surface area contributed by atoms with Crippen LogP contribution in [0.25, 0.3) is 10.9 Å². The summed E-state index contributed by atoms with van der Waals surface area (Å²) in [6.45, 7) is 1.83. The number of hydrogen-bond acceptors (Lipinski definition) is 3. The Morgan fingerprint density at radius 1 is 1.18 bits per heavy atom. The van der Waals surface area contributed by atoms with Crippen LogP contribution < -0.4 is 4.74 Å². The van der Waals surface area contributed by atoms with Gasteiger partial charge >= 0.3 is 5.97 Å². The number of aromatic nitrogens is 1. The third-order valence-corrected chi connectivity index (χ3v) is 5.54. The van der Waals surface area contributed by atoms with E-state index >= 15 is 0 Å². The molecule has 3 aromatic rings. The second-order valence-corrected chi connectivity index (χ2v) is 7.19. The minimum atomic E-state index is -0.758. The Labute approximate surface area is 164 Å². The van der Waals surface area contributed by atoms with E-state index in [1.807, 2.05) is 36.4 Å². The minimum absolute atomic E-state index is 0.478. The summed E-state index contributed by atoms with van der Waals surface area (Å²) >= 11 is 0. The van der Waals surface area contributed by atoms with Crippen molar-refractivity contribution in [3.8, 4) is 5.75 Å². The fourth-order valence-electron chi connectivity index (χ4n) is 4.31. The Morgan fingerprint density at radius 3 is 2.75 bits per heavy atom. The highest BCUT2D eigenvalue weighted by atomic mass is 16.5. The molecule has 4 rings (SSSR count). The molecule has 1 aliphatic rings. The van der Waals surface area contributed by atoms with Crippen molar-refractivity contribution in [2.24, 2.45) is 0 Å². The summed E-state index contributed by atoms with van der Waals surface area (Å²) in [4.78, 5) is 11.9. The molecule has 0 spiro atoms. The van der Waals surface area contributed by atoms with Gasteiger partial charge in [0.1, 0.15) is 5.75 Å². The predicted molar refractivity (Wildman–Crippen MR) is 108 cm³/mol. The largest absolute Gasteiger partial charge is 0.496 e. The van der Waals surface area contributed by atoms with Gasteiger partial charge in [-0.1, -0.05) is 36.4 Å². The Morgan fingerprint density at radius 2 is 2.00 bits per heavy atom. The molecule has 0 radical (unpaired) electrons. The molecule has 0 aliphatic heterocycles. The Balaban J connectivity index is 1.65. The average molecular weight is 379 g/mol. The van der Waals surface area contributed by atoms with E-state index in [2.05, 4.69) is 16.7 Å². The van der Waals surface area contributed by atoms with E-state index in [0.717, 1.165) is 46.3 Å². The second kappa shape index (κ2) is 8.07. The maximum Gasteiger partial charge on any atom is 0.311 e. The maximum atomic E-state index is 11.9. The number of rotatable bonds is 7. The number of benzene rings is 2. The molecule has 5 heteroatoms. The summed E-state index contributed by atoms with van der Waals surface area (Å²) in [5.41, 5.74) is 4.21. The highest BCUT2D eigenvalue weighted by molar-refractivity contribution is 5.96. The van der Waals surface area contributed by atoms with Gasteiger partial charge in [0, 0.05) is 17.6 Å². The monoisotopic (exact) mass is 379 g/mol. The Bertz CT molecular complexity index is 977. The molecule has 0 bridgehead atoms.